The minimum absolute atomic E-state index is 0.000177. The van der Waals surface area contributed by atoms with Gasteiger partial charge in [0.05, 0.1) is 4.99 Å². The molecule has 0 spiro atoms. The van der Waals surface area contributed by atoms with Gasteiger partial charge in [-0.15, -0.1) is 0 Å². The fourth-order valence-corrected chi connectivity index (χ4v) is 2.76. The zero-order valence-electron chi connectivity index (χ0n) is 8.62. The Labute approximate surface area is 91.3 Å². The highest BCUT2D eigenvalue weighted by atomic mass is 32.2. The lowest BCUT2D eigenvalue weighted by Crippen LogP contribution is -2.37. The molecule has 84 valence electrons. The number of sulfonamides is 1. The lowest BCUT2D eigenvalue weighted by atomic mass is 10.2. The number of hydrogen-bond donors (Lipinski definition) is 2. The molecule has 0 radical (unpaired) electrons. The van der Waals surface area contributed by atoms with E-state index >= 15 is 0 Å². The predicted octanol–water partition coefficient (Wildman–Crippen LogP) is 0.771. The number of nitrogens with two attached hydrogens (primary N) is 1. The lowest BCUT2D eigenvalue weighted by molar-refractivity contribution is 0.537. The summed E-state index contributed by atoms with van der Waals surface area (Å²) in [7, 11) is -3.33. The lowest BCUT2D eigenvalue weighted by Gasteiger charge is -2.12. The second kappa shape index (κ2) is 6.31. The van der Waals surface area contributed by atoms with E-state index in [1.165, 1.54) is 0 Å². The molecule has 14 heavy (non-hydrogen) atoms. The third kappa shape index (κ3) is 7.23. The van der Waals surface area contributed by atoms with Crippen LogP contribution in [0.15, 0.2) is 0 Å². The third-order valence-corrected chi connectivity index (χ3v) is 3.48. The van der Waals surface area contributed by atoms with E-state index in [9.17, 15) is 8.42 Å². The second-order valence-electron chi connectivity index (χ2n) is 3.39. The monoisotopic (exact) mass is 238 g/mol. The van der Waals surface area contributed by atoms with Gasteiger partial charge in [0.2, 0.25) is 10.0 Å². The quantitative estimate of drug-likeness (QED) is 0.643. The first-order chi connectivity index (χ1) is 6.37. The zero-order valence-corrected chi connectivity index (χ0v) is 10.2. The Morgan fingerprint density at radius 2 is 2.14 bits per heavy atom. The first-order valence-corrected chi connectivity index (χ1v) is 6.71. The molecule has 3 N–H and O–H groups in total. The van der Waals surface area contributed by atoms with Crippen molar-refractivity contribution in [2.75, 3.05) is 5.75 Å². The van der Waals surface area contributed by atoms with Crippen LogP contribution in [0.25, 0.3) is 0 Å². The molecule has 0 aromatic heterocycles. The van der Waals surface area contributed by atoms with Crippen molar-refractivity contribution in [3.8, 4) is 0 Å². The van der Waals surface area contributed by atoms with Crippen molar-refractivity contribution in [1.29, 1.82) is 0 Å². The number of nitrogens with one attached hydrogen (secondary N) is 1. The topological polar surface area (TPSA) is 72.2 Å². The van der Waals surface area contributed by atoms with E-state index in [2.05, 4.69) is 23.9 Å². The Kier molecular flexibility index (Phi) is 6.22. The molecular weight excluding hydrogens is 220 g/mol. The molecule has 0 aliphatic rings. The van der Waals surface area contributed by atoms with E-state index < -0.39 is 10.0 Å². The van der Waals surface area contributed by atoms with Crippen LogP contribution in [-0.2, 0) is 10.0 Å². The van der Waals surface area contributed by atoms with Gasteiger partial charge >= 0.3 is 0 Å². The molecule has 0 aliphatic carbocycles. The maximum Gasteiger partial charge on any atom is 0.218 e. The van der Waals surface area contributed by atoms with Crippen LogP contribution in [-0.4, -0.2) is 25.2 Å². The summed E-state index contributed by atoms with van der Waals surface area (Å²) in [5, 5.41) is 0. The summed E-state index contributed by atoms with van der Waals surface area (Å²) >= 11 is 4.54. The van der Waals surface area contributed by atoms with E-state index in [4.69, 9.17) is 5.73 Å². The van der Waals surface area contributed by atoms with E-state index in [0.717, 1.165) is 19.3 Å². The van der Waals surface area contributed by atoms with E-state index in [1.807, 2.05) is 6.92 Å². The first kappa shape index (κ1) is 13.8. The van der Waals surface area contributed by atoms with Gasteiger partial charge in [0.15, 0.2) is 0 Å². The van der Waals surface area contributed by atoms with Gasteiger partial charge in [-0.25, -0.2) is 13.1 Å². The summed E-state index contributed by atoms with van der Waals surface area (Å²) in [4.78, 5) is 0.000177. The molecule has 1 atom stereocenters. The van der Waals surface area contributed by atoms with Gasteiger partial charge in [-0.1, -0.05) is 32.0 Å². The summed E-state index contributed by atoms with van der Waals surface area (Å²) < 4.78 is 25.2. The van der Waals surface area contributed by atoms with Gasteiger partial charge in [-0.05, 0) is 13.3 Å². The minimum Gasteiger partial charge on any atom is -0.392 e. The summed E-state index contributed by atoms with van der Waals surface area (Å²) in [5.74, 6) is -0.265. The minimum atomic E-state index is -3.33. The van der Waals surface area contributed by atoms with Crippen molar-refractivity contribution in [2.24, 2.45) is 5.73 Å². The smallest absolute Gasteiger partial charge is 0.218 e. The highest BCUT2D eigenvalue weighted by Crippen LogP contribution is 2.01. The van der Waals surface area contributed by atoms with E-state index in [-0.39, 0.29) is 16.8 Å². The molecule has 0 amide bonds. The van der Waals surface area contributed by atoms with Crippen LogP contribution in [0, 0.1) is 0 Å². The normalized spacial score (nSPS) is 13.9. The number of unbranched alkanes of at least 4 members (excludes halogenated alkanes) is 1. The summed E-state index contributed by atoms with van der Waals surface area (Å²) in [6, 6.07) is -0.0469. The molecular formula is C8H18N2O2S2. The van der Waals surface area contributed by atoms with Crippen LogP contribution in [0.1, 0.15) is 33.1 Å². The number of rotatable bonds is 7. The van der Waals surface area contributed by atoms with Crippen molar-refractivity contribution >= 4 is 27.2 Å². The van der Waals surface area contributed by atoms with Crippen LogP contribution >= 0.6 is 12.2 Å². The second-order valence-corrected chi connectivity index (χ2v) is 5.66. The predicted molar refractivity (Wildman–Crippen MR) is 62.7 cm³/mol. The van der Waals surface area contributed by atoms with Crippen LogP contribution in [0.4, 0.5) is 0 Å². The molecule has 4 nitrogen and oxygen atoms in total. The molecule has 0 heterocycles. The number of hydrogen-bond acceptors (Lipinski definition) is 3. The Morgan fingerprint density at radius 3 is 2.57 bits per heavy atom. The van der Waals surface area contributed by atoms with E-state index in [0.29, 0.717) is 0 Å². The van der Waals surface area contributed by atoms with Crippen LogP contribution in [0.3, 0.4) is 0 Å². The van der Waals surface area contributed by atoms with Gasteiger partial charge < -0.3 is 5.73 Å². The van der Waals surface area contributed by atoms with Crippen LogP contribution in [0.5, 0.6) is 0 Å². The molecule has 0 saturated heterocycles. The highest BCUT2D eigenvalue weighted by Gasteiger charge is 2.14. The molecule has 0 fully saturated rings. The van der Waals surface area contributed by atoms with Gasteiger partial charge in [0, 0.05) is 6.04 Å². The average Bonchev–Trinajstić information content (AvgIpc) is 1.96. The molecule has 0 bridgehead atoms. The van der Waals surface area contributed by atoms with Gasteiger partial charge in [-0.2, -0.15) is 0 Å². The molecule has 6 heteroatoms. The largest absolute Gasteiger partial charge is 0.392 e. The maximum absolute atomic E-state index is 11.3. The van der Waals surface area contributed by atoms with Crippen molar-refractivity contribution in [3.63, 3.8) is 0 Å². The standard InChI is InChI=1S/C8H18N2O2S2/c1-3-4-5-7(2)10-14(11,12)6-8(9)13/h7,10H,3-6H2,1-2H3,(H2,9,13). The Hall–Kier alpha value is -0.200. The number of thiocarbonyl (C=S) groups is 1. The van der Waals surface area contributed by atoms with Gasteiger partial charge in [0.25, 0.3) is 0 Å². The molecule has 1 unspecified atom stereocenters. The van der Waals surface area contributed by atoms with Crippen molar-refractivity contribution in [3.05, 3.63) is 0 Å². The molecule has 0 aromatic rings. The van der Waals surface area contributed by atoms with Gasteiger partial charge in [0.1, 0.15) is 5.75 Å². The molecule has 0 aromatic carbocycles. The van der Waals surface area contributed by atoms with Crippen LogP contribution < -0.4 is 10.5 Å². The first-order valence-electron chi connectivity index (χ1n) is 4.65. The zero-order chi connectivity index (χ0) is 11.2. The molecule has 0 aliphatic heterocycles. The molecule has 0 saturated carbocycles. The fraction of sp³-hybridized carbons (Fsp3) is 0.875. The third-order valence-electron chi connectivity index (χ3n) is 1.70. The molecule has 0 rings (SSSR count). The van der Waals surface area contributed by atoms with Crippen molar-refractivity contribution in [1.82, 2.24) is 4.72 Å². The van der Waals surface area contributed by atoms with Crippen molar-refractivity contribution in [2.45, 2.75) is 39.2 Å². The Balaban J connectivity index is 4.02. The SMILES string of the molecule is CCCCC(C)NS(=O)(=O)CC(N)=S. The summed E-state index contributed by atoms with van der Waals surface area (Å²) in [6.07, 6.45) is 2.91. The fourth-order valence-electron chi connectivity index (χ4n) is 1.10. The maximum atomic E-state index is 11.3. The summed E-state index contributed by atoms with van der Waals surface area (Å²) in [6.45, 7) is 3.91. The van der Waals surface area contributed by atoms with Crippen LogP contribution in [0.2, 0.25) is 0 Å². The van der Waals surface area contributed by atoms with Gasteiger partial charge in [-0.3, -0.25) is 0 Å². The highest BCUT2D eigenvalue weighted by molar-refractivity contribution is 7.92. The average molecular weight is 238 g/mol. The van der Waals surface area contributed by atoms with E-state index in [1.54, 1.807) is 0 Å². The Bertz CT molecular complexity index is 275. The van der Waals surface area contributed by atoms with Crippen molar-refractivity contribution < 1.29 is 8.42 Å². The Morgan fingerprint density at radius 1 is 1.57 bits per heavy atom. The summed E-state index contributed by atoms with van der Waals surface area (Å²) in [5.41, 5.74) is 5.17.